The first kappa shape index (κ1) is 14.5. The van der Waals surface area contributed by atoms with Crippen LogP contribution in [0.5, 0.6) is 0 Å². The van der Waals surface area contributed by atoms with E-state index < -0.39 is 11.9 Å². The lowest BCUT2D eigenvalue weighted by Crippen LogP contribution is -2.15. The van der Waals surface area contributed by atoms with Crippen LogP contribution >= 0.6 is 11.8 Å². The van der Waals surface area contributed by atoms with E-state index in [0.29, 0.717) is 5.56 Å². The third kappa shape index (κ3) is 3.47. The number of thioether (sulfide) groups is 1. The molecule has 1 unspecified atom stereocenters. The molecule has 0 amide bonds. The summed E-state index contributed by atoms with van der Waals surface area (Å²) in [6.45, 7) is 5.95. The monoisotopic (exact) mass is 264 g/mol. The van der Waals surface area contributed by atoms with Gasteiger partial charge in [-0.15, -0.1) is 11.8 Å². The van der Waals surface area contributed by atoms with Crippen molar-refractivity contribution in [2.45, 2.75) is 31.6 Å². The fraction of sp³-hybridized carbons (Fsp3) is 0.462. The van der Waals surface area contributed by atoms with Crippen LogP contribution in [-0.2, 0) is 9.53 Å². The van der Waals surface area contributed by atoms with Crippen LogP contribution in [0, 0.1) is 18.3 Å². The molecule has 1 atom stereocenters. The molecule has 0 aliphatic rings. The first-order valence-electron chi connectivity index (χ1n) is 5.79. The van der Waals surface area contributed by atoms with E-state index in [1.54, 1.807) is 24.9 Å². The minimum atomic E-state index is -0.894. The Morgan fingerprint density at radius 2 is 2.33 bits per heavy atom. The van der Waals surface area contributed by atoms with Gasteiger partial charge >= 0.3 is 5.97 Å². The average molecular weight is 264 g/mol. The number of esters is 1. The lowest BCUT2D eigenvalue weighted by atomic mass is 10.0. The highest BCUT2D eigenvalue weighted by Gasteiger charge is 2.22. The van der Waals surface area contributed by atoms with E-state index in [-0.39, 0.29) is 6.61 Å². The highest BCUT2D eigenvalue weighted by atomic mass is 32.2. The molecule has 0 aromatic carbocycles. The van der Waals surface area contributed by atoms with Gasteiger partial charge < -0.3 is 4.74 Å². The van der Waals surface area contributed by atoms with Crippen molar-refractivity contribution in [3.8, 4) is 6.07 Å². The Bertz CT molecular complexity index is 469. The number of hydrogen-bond donors (Lipinski definition) is 0. The van der Waals surface area contributed by atoms with Crippen molar-refractivity contribution in [3.63, 3.8) is 0 Å². The van der Waals surface area contributed by atoms with Gasteiger partial charge in [-0.25, -0.2) is 0 Å². The molecule has 5 heteroatoms. The predicted molar refractivity (Wildman–Crippen MR) is 70.4 cm³/mol. The summed E-state index contributed by atoms with van der Waals surface area (Å²) in [5.41, 5.74) is 1.50. The van der Waals surface area contributed by atoms with Gasteiger partial charge in [0.15, 0.2) is 5.92 Å². The molecular formula is C13H16N2O2S. The number of carbonyl (C=O) groups excluding carboxylic acids is 1. The van der Waals surface area contributed by atoms with Gasteiger partial charge in [-0.3, -0.25) is 9.78 Å². The number of aromatic nitrogens is 1. The van der Waals surface area contributed by atoms with Crippen LogP contribution in [0.1, 0.15) is 31.0 Å². The summed E-state index contributed by atoms with van der Waals surface area (Å²) in [4.78, 5) is 16.9. The largest absolute Gasteiger partial charge is 0.465 e. The fourth-order valence-electron chi connectivity index (χ4n) is 1.48. The van der Waals surface area contributed by atoms with Crippen LogP contribution in [-0.4, -0.2) is 23.3 Å². The van der Waals surface area contributed by atoms with E-state index in [1.165, 1.54) is 0 Å². The standard InChI is InChI=1S/C13H16N2O2S/c1-4-17-13(16)11(7-14)10-6-12(18-5-2)9(3)15-8-10/h6,8,11H,4-5H2,1-3H3. The van der Waals surface area contributed by atoms with Gasteiger partial charge in [-0.1, -0.05) is 6.92 Å². The zero-order valence-corrected chi connectivity index (χ0v) is 11.6. The molecule has 0 N–H and O–H groups in total. The molecule has 0 aliphatic carbocycles. The zero-order valence-electron chi connectivity index (χ0n) is 10.8. The second-order valence-electron chi connectivity index (χ2n) is 3.60. The Balaban J connectivity index is 3.04. The number of rotatable bonds is 5. The smallest absolute Gasteiger partial charge is 0.327 e. The lowest BCUT2D eigenvalue weighted by molar-refractivity contribution is -0.143. The van der Waals surface area contributed by atoms with Crippen LogP contribution in [0.15, 0.2) is 17.2 Å². The molecule has 0 spiro atoms. The maximum Gasteiger partial charge on any atom is 0.327 e. The van der Waals surface area contributed by atoms with E-state index in [2.05, 4.69) is 4.98 Å². The van der Waals surface area contributed by atoms with Gasteiger partial charge in [-0.05, 0) is 31.2 Å². The van der Waals surface area contributed by atoms with Gasteiger partial charge in [0, 0.05) is 11.1 Å². The number of pyridine rings is 1. The van der Waals surface area contributed by atoms with Crippen molar-refractivity contribution < 1.29 is 9.53 Å². The zero-order chi connectivity index (χ0) is 13.5. The Hall–Kier alpha value is -1.54. The van der Waals surface area contributed by atoms with Crippen LogP contribution in [0.2, 0.25) is 0 Å². The normalized spacial score (nSPS) is 11.7. The van der Waals surface area contributed by atoms with Crippen LogP contribution < -0.4 is 0 Å². The number of hydrogen-bond acceptors (Lipinski definition) is 5. The van der Waals surface area contributed by atoms with Gasteiger partial charge in [0.1, 0.15) is 0 Å². The van der Waals surface area contributed by atoms with Gasteiger partial charge in [0.2, 0.25) is 0 Å². The van der Waals surface area contributed by atoms with Crippen LogP contribution in [0.25, 0.3) is 0 Å². The lowest BCUT2D eigenvalue weighted by Gasteiger charge is -2.10. The maximum atomic E-state index is 11.6. The van der Waals surface area contributed by atoms with E-state index in [9.17, 15) is 4.79 Å². The van der Waals surface area contributed by atoms with Gasteiger partial charge in [0.05, 0.1) is 18.4 Å². The summed E-state index contributed by atoms with van der Waals surface area (Å²) in [6, 6.07) is 3.82. The molecular weight excluding hydrogens is 248 g/mol. The fourth-order valence-corrected chi connectivity index (χ4v) is 2.27. The molecule has 0 saturated carbocycles. The second kappa shape index (κ2) is 7.02. The second-order valence-corrected chi connectivity index (χ2v) is 4.91. The van der Waals surface area contributed by atoms with Gasteiger partial charge in [-0.2, -0.15) is 5.26 Å². The molecule has 4 nitrogen and oxygen atoms in total. The molecule has 0 radical (unpaired) electrons. The molecule has 0 saturated heterocycles. The number of ether oxygens (including phenoxy) is 1. The molecule has 18 heavy (non-hydrogen) atoms. The molecule has 1 aromatic rings. The third-order valence-corrected chi connectivity index (χ3v) is 3.36. The molecule has 0 bridgehead atoms. The first-order valence-corrected chi connectivity index (χ1v) is 6.78. The van der Waals surface area contributed by atoms with Crippen LogP contribution in [0.4, 0.5) is 0 Å². The molecule has 96 valence electrons. The number of carbonyl (C=O) groups is 1. The summed E-state index contributed by atoms with van der Waals surface area (Å²) in [5.74, 6) is -0.491. The van der Waals surface area contributed by atoms with E-state index in [1.807, 2.05) is 26.0 Å². The SMILES string of the molecule is CCOC(=O)C(C#N)c1cnc(C)c(SCC)c1. The molecule has 0 fully saturated rings. The van der Waals surface area contributed by atoms with Crippen molar-refractivity contribution >= 4 is 17.7 Å². The highest BCUT2D eigenvalue weighted by molar-refractivity contribution is 7.99. The Morgan fingerprint density at radius 1 is 1.61 bits per heavy atom. The summed E-state index contributed by atoms with van der Waals surface area (Å²) in [7, 11) is 0. The molecule has 0 aliphatic heterocycles. The van der Waals surface area contributed by atoms with Crippen molar-refractivity contribution in [2.75, 3.05) is 12.4 Å². The summed E-state index contributed by atoms with van der Waals surface area (Å²) >= 11 is 1.65. The van der Waals surface area contributed by atoms with Crippen molar-refractivity contribution in [1.82, 2.24) is 4.98 Å². The minimum absolute atomic E-state index is 0.271. The quantitative estimate of drug-likeness (QED) is 0.604. The number of aryl methyl sites for hydroxylation is 1. The first-order chi connectivity index (χ1) is 8.63. The predicted octanol–water partition coefficient (Wildman–Crippen LogP) is 2.67. The summed E-state index contributed by atoms with van der Waals surface area (Å²) < 4.78 is 4.88. The summed E-state index contributed by atoms with van der Waals surface area (Å²) in [6.07, 6.45) is 1.57. The van der Waals surface area contributed by atoms with Crippen molar-refractivity contribution in [1.29, 1.82) is 5.26 Å². The highest BCUT2D eigenvalue weighted by Crippen LogP contribution is 2.25. The minimum Gasteiger partial charge on any atom is -0.465 e. The molecule has 1 aromatic heterocycles. The number of nitriles is 1. The third-order valence-electron chi connectivity index (χ3n) is 2.35. The van der Waals surface area contributed by atoms with E-state index >= 15 is 0 Å². The topological polar surface area (TPSA) is 63.0 Å². The summed E-state index contributed by atoms with van der Waals surface area (Å²) in [5, 5.41) is 9.08. The maximum absolute atomic E-state index is 11.6. The van der Waals surface area contributed by atoms with E-state index in [0.717, 1.165) is 16.3 Å². The van der Waals surface area contributed by atoms with Gasteiger partial charge in [0.25, 0.3) is 0 Å². The Kier molecular flexibility index (Phi) is 5.66. The van der Waals surface area contributed by atoms with Crippen LogP contribution in [0.3, 0.4) is 0 Å². The Labute approximate surface area is 111 Å². The van der Waals surface area contributed by atoms with Crippen molar-refractivity contribution in [3.05, 3.63) is 23.5 Å². The number of nitrogens with zero attached hydrogens (tertiary/aromatic N) is 2. The Morgan fingerprint density at radius 3 is 2.89 bits per heavy atom. The van der Waals surface area contributed by atoms with Crippen molar-refractivity contribution in [2.24, 2.45) is 0 Å². The van der Waals surface area contributed by atoms with E-state index in [4.69, 9.17) is 10.00 Å². The molecule has 1 rings (SSSR count). The molecule has 1 heterocycles. The average Bonchev–Trinajstić information content (AvgIpc) is 2.34.